The fraction of sp³-hybridized carbons (Fsp3) is 0.333. The number of nitrogens with one attached hydrogen (secondary N) is 1. The highest BCUT2D eigenvalue weighted by Crippen LogP contribution is 2.04. The summed E-state index contributed by atoms with van der Waals surface area (Å²) in [6.07, 6.45) is 2.29. The normalized spacial score (nSPS) is 8.88. The van der Waals surface area contributed by atoms with E-state index in [1.807, 2.05) is 6.07 Å². The summed E-state index contributed by atoms with van der Waals surface area (Å²) in [7, 11) is 1.57. The highest BCUT2D eigenvalue weighted by molar-refractivity contribution is 5.72. The fourth-order valence-electron chi connectivity index (χ4n) is 1.04. The Morgan fingerprint density at radius 1 is 1.56 bits per heavy atom. The Morgan fingerprint density at radius 2 is 2.38 bits per heavy atom. The lowest BCUT2D eigenvalue weighted by Gasteiger charge is -1.96. The van der Waals surface area contributed by atoms with Crippen molar-refractivity contribution in [1.82, 2.24) is 10.3 Å². The lowest BCUT2D eigenvalue weighted by Crippen LogP contribution is -2.20. The van der Waals surface area contributed by atoms with Crippen molar-refractivity contribution in [3.8, 4) is 17.7 Å². The minimum atomic E-state index is -0.0343. The van der Waals surface area contributed by atoms with E-state index in [-0.39, 0.29) is 5.91 Å². The summed E-state index contributed by atoms with van der Waals surface area (Å²) >= 11 is 0. The van der Waals surface area contributed by atoms with Crippen molar-refractivity contribution in [3.63, 3.8) is 0 Å². The molecule has 4 heteroatoms. The van der Waals surface area contributed by atoms with E-state index in [1.165, 1.54) is 6.92 Å². The monoisotopic (exact) mass is 218 g/mol. The zero-order valence-corrected chi connectivity index (χ0v) is 9.41. The third kappa shape index (κ3) is 4.47. The zero-order chi connectivity index (χ0) is 11.8. The van der Waals surface area contributed by atoms with E-state index in [2.05, 4.69) is 22.1 Å². The Balaban J connectivity index is 2.41. The Kier molecular flexibility index (Phi) is 4.87. The molecule has 0 aliphatic rings. The molecule has 0 radical (unpaired) electrons. The largest absolute Gasteiger partial charge is 0.481 e. The predicted octanol–water partition coefficient (Wildman–Crippen LogP) is 0.968. The van der Waals surface area contributed by atoms with Gasteiger partial charge in [-0.3, -0.25) is 4.79 Å². The molecule has 0 aliphatic carbocycles. The van der Waals surface area contributed by atoms with Crippen molar-refractivity contribution >= 4 is 5.91 Å². The molecule has 0 atom stereocenters. The molecular formula is C12H14N2O2. The molecule has 16 heavy (non-hydrogen) atoms. The van der Waals surface area contributed by atoms with Gasteiger partial charge in [-0.2, -0.15) is 0 Å². The second kappa shape index (κ2) is 6.46. The standard InChI is InChI=1S/C12H14N2O2/c1-10(15)13-8-4-3-5-11-6-7-12(16-2)14-9-11/h6-7,9H,4,8H2,1-2H3,(H,13,15). The van der Waals surface area contributed by atoms with Crippen LogP contribution in [0.4, 0.5) is 0 Å². The topological polar surface area (TPSA) is 51.2 Å². The number of nitrogens with zero attached hydrogens (tertiary/aromatic N) is 1. The van der Waals surface area contributed by atoms with Gasteiger partial charge in [0.25, 0.3) is 0 Å². The van der Waals surface area contributed by atoms with Gasteiger partial charge in [0.2, 0.25) is 11.8 Å². The van der Waals surface area contributed by atoms with E-state index in [0.29, 0.717) is 18.8 Å². The highest BCUT2D eigenvalue weighted by atomic mass is 16.5. The van der Waals surface area contributed by atoms with Crippen molar-refractivity contribution in [3.05, 3.63) is 23.9 Å². The first-order valence-corrected chi connectivity index (χ1v) is 4.95. The predicted molar refractivity (Wildman–Crippen MR) is 61.0 cm³/mol. The maximum absolute atomic E-state index is 10.6. The molecule has 1 amide bonds. The minimum absolute atomic E-state index is 0.0343. The molecular weight excluding hydrogens is 204 g/mol. The molecule has 0 fully saturated rings. The van der Waals surface area contributed by atoms with Crippen LogP contribution in [0.2, 0.25) is 0 Å². The number of ether oxygens (including phenoxy) is 1. The summed E-state index contributed by atoms with van der Waals surface area (Å²) < 4.78 is 4.93. The molecule has 0 bridgehead atoms. The van der Waals surface area contributed by atoms with Gasteiger partial charge in [0.15, 0.2) is 0 Å². The van der Waals surface area contributed by atoms with E-state index in [9.17, 15) is 4.79 Å². The van der Waals surface area contributed by atoms with Gasteiger partial charge in [0.05, 0.1) is 7.11 Å². The van der Waals surface area contributed by atoms with Gasteiger partial charge < -0.3 is 10.1 Å². The molecule has 1 aromatic rings. The summed E-state index contributed by atoms with van der Waals surface area (Å²) in [5, 5.41) is 2.67. The Morgan fingerprint density at radius 3 is 2.94 bits per heavy atom. The van der Waals surface area contributed by atoms with Gasteiger partial charge in [-0.25, -0.2) is 4.98 Å². The van der Waals surface area contributed by atoms with Crippen LogP contribution in [0.5, 0.6) is 5.88 Å². The second-order valence-electron chi connectivity index (χ2n) is 3.12. The van der Waals surface area contributed by atoms with E-state index in [0.717, 1.165) is 5.56 Å². The van der Waals surface area contributed by atoms with Crippen molar-refractivity contribution in [1.29, 1.82) is 0 Å². The number of hydrogen-bond acceptors (Lipinski definition) is 3. The molecule has 4 nitrogen and oxygen atoms in total. The van der Waals surface area contributed by atoms with Crippen LogP contribution in [0.15, 0.2) is 18.3 Å². The number of carbonyl (C=O) groups excluding carboxylic acids is 1. The molecule has 0 saturated heterocycles. The molecule has 0 aliphatic heterocycles. The summed E-state index contributed by atoms with van der Waals surface area (Å²) in [5.74, 6) is 6.44. The van der Waals surface area contributed by atoms with Gasteiger partial charge >= 0.3 is 0 Å². The van der Waals surface area contributed by atoms with Crippen LogP contribution in [-0.4, -0.2) is 24.5 Å². The summed E-state index contributed by atoms with van der Waals surface area (Å²) in [5.41, 5.74) is 0.837. The average molecular weight is 218 g/mol. The SMILES string of the molecule is COc1ccc(C#CCCNC(C)=O)cn1. The highest BCUT2D eigenvalue weighted by Gasteiger charge is 1.91. The number of rotatable bonds is 3. The summed E-state index contributed by atoms with van der Waals surface area (Å²) in [4.78, 5) is 14.6. The summed E-state index contributed by atoms with van der Waals surface area (Å²) in [6, 6.07) is 3.61. The maximum Gasteiger partial charge on any atom is 0.216 e. The Bertz CT molecular complexity index is 401. The molecule has 0 unspecified atom stereocenters. The first-order chi connectivity index (χ1) is 7.72. The number of hydrogen-bond donors (Lipinski definition) is 1. The van der Waals surface area contributed by atoms with Crippen LogP contribution in [0, 0.1) is 11.8 Å². The molecule has 1 aromatic heterocycles. The average Bonchev–Trinajstić information content (AvgIpc) is 2.29. The minimum Gasteiger partial charge on any atom is -0.481 e. The van der Waals surface area contributed by atoms with Gasteiger partial charge in [-0.15, -0.1) is 0 Å². The lowest BCUT2D eigenvalue weighted by atomic mass is 10.3. The summed E-state index contributed by atoms with van der Waals surface area (Å²) in [6.45, 7) is 2.06. The second-order valence-corrected chi connectivity index (χ2v) is 3.12. The van der Waals surface area contributed by atoms with E-state index in [1.54, 1.807) is 19.4 Å². The fourth-order valence-corrected chi connectivity index (χ4v) is 1.04. The van der Waals surface area contributed by atoms with Gasteiger partial charge in [0.1, 0.15) is 0 Å². The van der Waals surface area contributed by atoms with Crippen LogP contribution < -0.4 is 10.1 Å². The van der Waals surface area contributed by atoms with Crippen LogP contribution in [0.1, 0.15) is 18.9 Å². The number of carbonyl (C=O) groups is 1. The third-order valence-electron chi connectivity index (χ3n) is 1.80. The Hall–Kier alpha value is -2.02. The van der Waals surface area contributed by atoms with E-state index in [4.69, 9.17) is 4.74 Å². The first-order valence-electron chi connectivity index (χ1n) is 4.95. The quantitative estimate of drug-likeness (QED) is 0.607. The smallest absolute Gasteiger partial charge is 0.216 e. The molecule has 84 valence electrons. The molecule has 1 heterocycles. The number of amides is 1. The van der Waals surface area contributed by atoms with Crippen molar-refractivity contribution in [2.24, 2.45) is 0 Å². The maximum atomic E-state index is 10.6. The van der Waals surface area contributed by atoms with Gasteiger partial charge in [-0.1, -0.05) is 11.8 Å². The zero-order valence-electron chi connectivity index (χ0n) is 9.41. The van der Waals surface area contributed by atoms with Crippen LogP contribution in [0.3, 0.4) is 0 Å². The first kappa shape index (κ1) is 12.1. The lowest BCUT2D eigenvalue weighted by molar-refractivity contribution is -0.118. The molecule has 1 rings (SSSR count). The van der Waals surface area contributed by atoms with Crippen LogP contribution >= 0.6 is 0 Å². The molecule has 0 saturated carbocycles. The van der Waals surface area contributed by atoms with E-state index < -0.39 is 0 Å². The van der Waals surface area contributed by atoms with Gasteiger partial charge in [-0.05, 0) is 6.07 Å². The Labute approximate surface area is 95.0 Å². The van der Waals surface area contributed by atoms with Crippen molar-refractivity contribution in [2.75, 3.05) is 13.7 Å². The number of aromatic nitrogens is 1. The van der Waals surface area contributed by atoms with Gasteiger partial charge in [0, 0.05) is 37.7 Å². The number of methoxy groups -OCH3 is 1. The van der Waals surface area contributed by atoms with Crippen LogP contribution in [-0.2, 0) is 4.79 Å². The van der Waals surface area contributed by atoms with Crippen molar-refractivity contribution < 1.29 is 9.53 Å². The molecule has 0 aromatic carbocycles. The van der Waals surface area contributed by atoms with Crippen molar-refractivity contribution in [2.45, 2.75) is 13.3 Å². The third-order valence-corrected chi connectivity index (χ3v) is 1.80. The van der Waals surface area contributed by atoms with Crippen LogP contribution in [0.25, 0.3) is 0 Å². The number of pyridine rings is 1. The molecule has 1 N–H and O–H groups in total. The molecule has 0 spiro atoms. The van der Waals surface area contributed by atoms with E-state index >= 15 is 0 Å².